The summed E-state index contributed by atoms with van der Waals surface area (Å²) in [5.41, 5.74) is 19.6. The van der Waals surface area contributed by atoms with Crippen LogP contribution in [0.25, 0.3) is 16.7 Å². The van der Waals surface area contributed by atoms with Crippen LogP contribution in [-0.2, 0) is 16.4 Å². The van der Waals surface area contributed by atoms with Crippen molar-refractivity contribution in [2.24, 2.45) is 21.3 Å². The van der Waals surface area contributed by atoms with E-state index in [1.807, 2.05) is 20.8 Å². The molecular formula is C21H23N7O3S2. The van der Waals surface area contributed by atoms with E-state index in [1.54, 1.807) is 0 Å². The third-order valence-corrected chi connectivity index (χ3v) is 7.17. The number of benzene rings is 1. The number of nitrogens with zero attached hydrogens (tertiary/aromatic N) is 4. The number of sulfonamides is 1. The number of aromatic nitrogens is 3. The largest absolute Gasteiger partial charge is 0.384 e. The zero-order valence-corrected chi connectivity index (χ0v) is 19.9. The van der Waals surface area contributed by atoms with Crippen LogP contribution >= 0.6 is 12.2 Å². The van der Waals surface area contributed by atoms with Crippen molar-refractivity contribution in [3.05, 3.63) is 45.9 Å². The molecule has 172 valence electrons. The zero-order chi connectivity index (χ0) is 24.3. The Labute approximate surface area is 195 Å². The number of aryl methyl sites for hydroxylation is 1. The molecule has 1 aliphatic rings. The van der Waals surface area contributed by atoms with Gasteiger partial charge in [-0.25, -0.2) is 4.98 Å². The van der Waals surface area contributed by atoms with E-state index < -0.39 is 16.0 Å². The number of guanidine groups is 1. The molecule has 1 aliphatic carbocycles. The van der Waals surface area contributed by atoms with Crippen molar-refractivity contribution in [1.29, 1.82) is 0 Å². The lowest BCUT2D eigenvalue weighted by atomic mass is 9.74. The van der Waals surface area contributed by atoms with Crippen LogP contribution in [0.2, 0.25) is 0 Å². The molecule has 0 fully saturated rings. The van der Waals surface area contributed by atoms with Crippen LogP contribution in [0.3, 0.4) is 0 Å². The van der Waals surface area contributed by atoms with E-state index in [2.05, 4.69) is 14.4 Å². The van der Waals surface area contributed by atoms with Crippen LogP contribution in [0, 0.1) is 17.1 Å². The van der Waals surface area contributed by atoms with Gasteiger partial charge in [0.2, 0.25) is 10.7 Å². The Balaban J connectivity index is 1.91. The predicted octanol–water partition coefficient (Wildman–Crippen LogP) is 2.16. The number of pyridine rings is 1. The van der Waals surface area contributed by atoms with Crippen LogP contribution in [0.1, 0.15) is 41.9 Å². The maximum absolute atomic E-state index is 12.9. The minimum Gasteiger partial charge on any atom is -0.384 e. The van der Waals surface area contributed by atoms with E-state index in [-0.39, 0.29) is 26.7 Å². The van der Waals surface area contributed by atoms with Gasteiger partial charge in [-0.3, -0.25) is 9.36 Å². The van der Waals surface area contributed by atoms with Crippen LogP contribution in [0.15, 0.2) is 33.6 Å². The fourth-order valence-corrected chi connectivity index (χ4v) is 5.39. The van der Waals surface area contributed by atoms with E-state index in [4.69, 9.17) is 29.4 Å². The first kappa shape index (κ1) is 22.8. The second-order valence-electron chi connectivity index (χ2n) is 8.80. The number of nitrogen functional groups attached to an aromatic ring is 1. The molecule has 0 unspecified atom stereocenters. The molecule has 0 saturated heterocycles. The van der Waals surface area contributed by atoms with Gasteiger partial charge in [0.1, 0.15) is 5.82 Å². The summed E-state index contributed by atoms with van der Waals surface area (Å²) in [6.07, 6.45) is 1.08. The minimum atomic E-state index is -4.04. The zero-order valence-electron chi connectivity index (χ0n) is 18.3. The Kier molecular flexibility index (Phi) is 5.25. The molecule has 1 aromatic carbocycles. The Morgan fingerprint density at radius 1 is 1.15 bits per heavy atom. The Morgan fingerprint density at radius 2 is 1.79 bits per heavy atom. The lowest BCUT2D eigenvalue weighted by molar-refractivity contribution is 0.0910. The highest BCUT2D eigenvalue weighted by molar-refractivity contribution is 7.90. The standard InChI is InChI=1S/C21H23N7O3S2/c1-10-15-13(8-21(2,3)9-14(15)29)25-18-16(10)17(22)28(20(32)26-18)11-4-6-12(7-5-11)33(30,31)27-19(23)24/h4-7H,8-9,22H2,1-3H3,(H4,23,24,27). The molecule has 0 spiro atoms. The molecular weight excluding hydrogens is 462 g/mol. The van der Waals surface area contributed by atoms with Gasteiger partial charge in [0.25, 0.3) is 10.0 Å². The van der Waals surface area contributed by atoms with Crippen molar-refractivity contribution in [2.45, 2.75) is 38.5 Å². The number of anilines is 1. The summed E-state index contributed by atoms with van der Waals surface area (Å²) in [5, 5.41) is 0.535. The molecule has 0 saturated carbocycles. The number of rotatable bonds is 3. The summed E-state index contributed by atoms with van der Waals surface area (Å²) < 4.78 is 29.3. The number of carbonyl (C=O) groups excluding carboxylic acids is 1. The van der Waals surface area contributed by atoms with Crippen molar-refractivity contribution >= 4 is 50.8 Å². The summed E-state index contributed by atoms with van der Waals surface area (Å²) in [4.78, 5) is 21.9. The first-order valence-corrected chi connectivity index (χ1v) is 11.9. The molecule has 33 heavy (non-hydrogen) atoms. The van der Waals surface area contributed by atoms with E-state index >= 15 is 0 Å². The molecule has 0 bridgehead atoms. The Bertz CT molecular complexity index is 1520. The monoisotopic (exact) mass is 485 g/mol. The normalized spacial score (nSPS) is 15.3. The van der Waals surface area contributed by atoms with Crippen molar-refractivity contribution in [3.63, 3.8) is 0 Å². The molecule has 10 nitrogen and oxygen atoms in total. The molecule has 6 N–H and O–H groups in total. The fourth-order valence-electron chi connectivity index (χ4n) is 4.24. The highest BCUT2D eigenvalue weighted by atomic mass is 32.2. The van der Waals surface area contributed by atoms with Gasteiger partial charge in [-0.1, -0.05) is 13.8 Å². The number of Topliss-reactive ketones (excluding diaryl/α,β-unsaturated/α-hetero) is 1. The minimum absolute atomic E-state index is 0.0239. The van der Waals surface area contributed by atoms with E-state index in [0.717, 1.165) is 0 Å². The van der Waals surface area contributed by atoms with E-state index in [9.17, 15) is 13.2 Å². The van der Waals surface area contributed by atoms with Crippen molar-refractivity contribution < 1.29 is 13.2 Å². The molecule has 2 aromatic heterocycles. The SMILES string of the molecule is Cc1c2c(nc3nc(=S)n(-c4ccc(S(=O)(=O)N=C(N)N)cc4)c(N)c13)CC(C)(C)CC2=O. The van der Waals surface area contributed by atoms with Crippen LogP contribution in [-0.4, -0.2) is 34.7 Å². The molecule has 0 radical (unpaired) electrons. The molecule has 2 heterocycles. The lowest BCUT2D eigenvalue weighted by Gasteiger charge is -2.30. The smallest absolute Gasteiger partial charge is 0.285 e. The van der Waals surface area contributed by atoms with Gasteiger partial charge in [-0.2, -0.15) is 13.4 Å². The van der Waals surface area contributed by atoms with E-state index in [0.29, 0.717) is 46.4 Å². The van der Waals surface area contributed by atoms with Crippen molar-refractivity contribution in [3.8, 4) is 5.69 Å². The van der Waals surface area contributed by atoms with Crippen LogP contribution < -0.4 is 17.2 Å². The summed E-state index contributed by atoms with van der Waals surface area (Å²) >= 11 is 5.47. The van der Waals surface area contributed by atoms with Gasteiger partial charge >= 0.3 is 0 Å². The van der Waals surface area contributed by atoms with Crippen molar-refractivity contribution in [2.75, 3.05) is 5.73 Å². The number of hydrogen-bond acceptors (Lipinski definition) is 7. The molecule has 3 aromatic rings. The number of fused-ring (bicyclic) bond motifs is 2. The summed E-state index contributed by atoms with van der Waals surface area (Å²) in [6, 6.07) is 5.71. The predicted molar refractivity (Wildman–Crippen MR) is 128 cm³/mol. The van der Waals surface area contributed by atoms with Crippen LogP contribution in [0.5, 0.6) is 0 Å². The second kappa shape index (κ2) is 7.59. The van der Waals surface area contributed by atoms with E-state index in [1.165, 1.54) is 28.8 Å². The summed E-state index contributed by atoms with van der Waals surface area (Å²) in [7, 11) is -4.04. The number of carbonyl (C=O) groups is 1. The molecule has 0 amide bonds. The topological polar surface area (TPSA) is 172 Å². The third-order valence-electron chi connectivity index (χ3n) is 5.58. The van der Waals surface area contributed by atoms with Gasteiger partial charge in [-0.15, -0.1) is 4.40 Å². The van der Waals surface area contributed by atoms with Gasteiger partial charge in [-0.05, 0) is 60.8 Å². The molecule has 12 heteroatoms. The highest BCUT2D eigenvalue weighted by Crippen LogP contribution is 2.38. The number of ketones is 1. The van der Waals surface area contributed by atoms with Gasteiger partial charge < -0.3 is 17.2 Å². The van der Waals surface area contributed by atoms with Gasteiger partial charge in [0, 0.05) is 17.7 Å². The lowest BCUT2D eigenvalue weighted by Crippen LogP contribution is -2.29. The quantitative estimate of drug-likeness (QED) is 0.285. The maximum atomic E-state index is 12.9. The first-order valence-electron chi connectivity index (χ1n) is 10.0. The van der Waals surface area contributed by atoms with Gasteiger partial charge in [0.15, 0.2) is 11.4 Å². The maximum Gasteiger partial charge on any atom is 0.285 e. The molecule has 4 rings (SSSR count). The number of nitrogens with two attached hydrogens (primary N) is 3. The van der Waals surface area contributed by atoms with Gasteiger partial charge in [0.05, 0.1) is 16.0 Å². The highest BCUT2D eigenvalue weighted by Gasteiger charge is 2.34. The molecule has 0 aliphatic heterocycles. The average molecular weight is 486 g/mol. The fraction of sp³-hybridized carbons (Fsp3) is 0.286. The summed E-state index contributed by atoms with van der Waals surface area (Å²) in [5.74, 6) is -0.278. The third kappa shape index (κ3) is 3.95. The summed E-state index contributed by atoms with van der Waals surface area (Å²) in [6.45, 7) is 5.89. The Morgan fingerprint density at radius 3 is 2.39 bits per heavy atom. The second-order valence-corrected chi connectivity index (χ2v) is 10.8. The Hall–Kier alpha value is -3.38. The average Bonchev–Trinajstić information content (AvgIpc) is 2.65. The van der Waals surface area contributed by atoms with Crippen molar-refractivity contribution in [1.82, 2.24) is 14.5 Å². The van der Waals surface area contributed by atoms with Crippen LogP contribution in [0.4, 0.5) is 5.82 Å². The number of hydrogen-bond donors (Lipinski definition) is 3. The molecule has 0 atom stereocenters. The first-order chi connectivity index (χ1) is 15.3.